The first-order valence-electron chi connectivity index (χ1n) is 3.52. The van der Waals surface area contributed by atoms with E-state index in [1.54, 1.807) is 12.1 Å². The molecular weight excluding hydrogens is 215 g/mol. The van der Waals surface area contributed by atoms with Gasteiger partial charge in [0.15, 0.2) is 11.1 Å². The van der Waals surface area contributed by atoms with E-state index < -0.39 is 11.1 Å². The van der Waals surface area contributed by atoms with Crippen molar-refractivity contribution in [2.24, 2.45) is 0 Å². The maximum atomic E-state index is 10.8. The van der Waals surface area contributed by atoms with Crippen molar-refractivity contribution in [2.45, 2.75) is 4.90 Å². The molecule has 1 atom stereocenters. The van der Waals surface area contributed by atoms with E-state index in [0.717, 1.165) is 0 Å². The summed E-state index contributed by atoms with van der Waals surface area (Å²) in [6.07, 6.45) is 0. The molecule has 4 nitrogen and oxygen atoms in total. The Balaban J connectivity index is 0.00000169. The molecule has 1 rings (SSSR count). The summed E-state index contributed by atoms with van der Waals surface area (Å²) in [5.74, 6) is 0.936. The number of rotatable bonds is 3. The van der Waals surface area contributed by atoms with Gasteiger partial charge in [-0.05, 0) is 12.1 Å². The van der Waals surface area contributed by atoms with E-state index in [1.165, 1.54) is 20.3 Å². The van der Waals surface area contributed by atoms with Crippen LogP contribution in [0.3, 0.4) is 0 Å². The van der Waals surface area contributed by atoms with Crippen molar-refractivity contribution in [3.05, 3.63) is 18.2 Å². The summed E-state index contributed by atoms with van der Waals surface area (Å²) in [6.45, 7) is 0. The monoisotopic (exact) mass is 226 g/mol. The van der Waals surface area contributed by atoms with Crippen molar-refractivity contribution in [3.63, 3.8) is 0 Å². The van der Waals surface area contributed by atoms with Crippen LogP contribution in [0.5, 0.6) is 11.5 Å². The molecule has 14 heavy (non-hydrogen) atoms. The van der Waals surface area contributed by atoms with E-state index in [1.807, 2.05) is 0 Å². The Morgan fingerprint density at radius 2 is 1.93 bits per heavy atom. The quantitative estimate of drug-likeness (QED) is 0.607. The summed E-state index contributed by atoms with van der Waals surface area (Å²) in [6, 6.07) is 4.66. The predicted molar refractivity (Wildman–Crippen MR) is 55.7 cm³/mol. The molecule has 0 aromatic heterocycles. The molecule has 0 aliphatic carbocycles. The van der Waals surface area contributed by atoms with Crippen molar-refractivity contribution < 1.29 is 18.2 Å². The number of hydrogen-bond donors (Lipinski definition) is 1. The van der Waals surface area contributed by atoms with Crippen LogP contribution in [-0.2, 0) is 11.1 Å². The summed E-state index contributed by atoms with van der Waals surface area (Å²) in [7, 11) is 2.95. The minimum absolute atomic E-state index is 0. The first-order chi connectivity index (χ1) is 6.19. The Morgan fingerprint density at radius 1 is 1.29 bits per heavy atom. The third-order valence-electron chi connectivity index (χ3n) is 1.56. The zero-order chi connectivity index (χ0) is 9.84. The van der Waals surface area contributed by atoms with E-state index in [2.05, 4.69) is 0 Å². The molecule has 0 aliphatic heterocycles. The fourth-order valence-electron chi connectivity index (χ4n) is 0.919. The van der Waals surface area contributed by atoms with E-state index in [9.17, 15) is 4.21 Å². The van der Waals surface area contributed by atoms with Crippen molar-refractivity contribution in [1.82, 2.24) is 0 Å². The van der Waals surface area contributed by atoms with E-state index in [-0.39, 0.29) is 34.5 Å². The first-order valence-corrected chi connectivity index (χ1v) is 4.62. The van der Waals surface area contributed by atoms with Crippen molar-refractivity contribution >= 4 is 40.6 Å². The van der Waals surface area contributed by atoms with Gasteiger partial charge in [-0.1, -0.05) is 0 Å². The summed E-state index contributed by atoms with van der Waals surface area (Å²) >= 11 is -2.03. The Bertz CT molecular complexity index is 329. The molecule has 0 fully saturated rings. The van der Waals surface area contributed by atoms with Gasteiger partial charge in [0.1, 0.15) is 16.4 Å². The molecule has 0 amide bonds. The fourth-order valence-corrected chi connectivity index (χ4v) is 1.42. The summed E-state index contributed by atoms with van der Waals surface area (Å²) < 4.78 is 29.5. The van der Waals surface area contributed by atoms with Crippen molar-refractivity contribution in [3.8, 4) is 11.5 Å². The van der Waals surface area contributed by atoms with Gasteiger partial charge in [-0.15, -0.1) is 0 Å². The molecule has 74 valence electrons. The summed E-state index contributed by atoms with van der Waals surface area (Å²) in [5.41, 5.74) is 0. The van der Waals surface area contributed by atoms with Crippen LogP contribution in [0.2, 0.25) is 0 Å². The number of methoxy groups -OCH3 is 2. The molecule has 0 heterocycles. The third kappa shape index (κ3) is 3.25. The van der Waals surface area contributed by atoms with Crippen LogP contribution in [0.4, 0.5) is 0 Å². The molecule has 0 saturated heterocycles. The first kappa shape index (κ1) is 13.9. The molecule has 6 heteroatoms. The summed E-state index contributed by atoms with van der Waals surface area (Å²) in [4.78, 5) is 0.239. The van der Waals surface area contributed by atoms with Gasteiger partial charge < -0.3 is 14.0 Å². The summed E-state index contributed by atoms with van der Waals surface area (Å²) in [5, 5.41) is 0. The minimum atomic E-state index is -2.03. The normalized spacial score (nSPS) is 11.4. The average Bonchev–Trinajstić information content (AvgIpc) is 2.16. The van der Waals surface area contributed by atoms with Gasteiger partial charge in [0.2, 0.25) is 0 Å². The predicted octanol–water partition coefficient (Wildman–Crippen LogP) is 0.636. The zero-order valence-corrected chi connectivity index (χ0v) is 8.13. The zero-order valence-electron chi connectivity index (χ0n) is 7.31. The van der Waals surface area contributed by atoms with Crippen LogP contribution < -0.4 is 9.47 Å². The van der Waals surface area contributed by atoms with Gasteiger partial charge in [0.05, 0.1) is 14.2 Å². The second-order valence-electron chi connectivity index (χ2n) is 2.27. The SMILES string of the molecule is COc1ccc(S(=O)O)c(OC)c1.[NaH]. The van der Waals surface area contributed by atoms with Gasteiger partial charge in [-0.2, -0.15) is 0 Å². The second kappa shape index (κ2) is 6.42. The Morgan fingerprint density at radius 3 is 2.36 bits per heavy atom. The molecule has 1 N–H and O–H groups in total. The third-order valence-corrected chi connectivity index (χ3v) is 2.27. The Kier molecular flexibility index (Phi) is 6.39. The van der Waals surface area contributed by atoms with E-state index in [0.29, 0.717) is 11.5 Å². The van der Waals surface area contributed by atoms with Crippen LogP contribution in [0.15, 0.2) is 23.1 Å². The van der Waals surface area contributed by atoms with Crippen LogP contribution in [-0.4, -0.2) is 52.5 Å². The Labute approximate surface area is 107 Å². The van der Waals surface area contributed by atoms with Gasteiger partial charge in [0.25, 0.3) is 0 Å². The standard InChI is InChI=1S/C8H10O4S.Na.H/c1-11-6-3-4-8(13(9)10)7(5-6)12-2;;/h3-5H,1-2H3,(H,9,10);;. The molecule has 1 unspecified atom stereocenters. The molecule has 1 aromatic carbocycles. The van der Waals surface area contributed by atoms with Crippen molar-refractivity contribution in [1.29, 1.82) is 0 Å². The molecule has 0 bridgehead atoms. The van der Waals surface area contributed by atoms with E-state index >= 15 is 0 Å². The number of hydrogen-bond acceptors (Lipinski definition) is 3. The van der Waals surface area contributed by atoms with Crippen LogP contribution >= 0.6 is 0 Å². The van der Waals surface area contributed by atoms with Crippen LogP contribution in [0.25, 0.3) is 0 Å². The molecule has 0 spiro atoms. The molecule has 0 radical (unpaired) electrons. The van der Waals surface area contributed by atoms with Gasteiger partial charge in [0, 0.05) is 6.07 Å². The van der Waals surface area contributed by atoms with Crippen molar-refractivity contribution in [2.75, 3.05) is 14.2 Å². The molecule has 1 aromatic rings. The van der Waals surface area contributed by atoms with Crippen LogP contribution in [0.1, 0.15) is 0 Å². The topological polar surface area (TPSA) is 55.8 Å². The fraction of sp³-hybridized carbons (Fsp3) is 0.250. The molecular formula is C8H11NaO4S. The molecule has 0 saturated carbocycles. The van der Waals surface area contributed by atoms with E-state index in [4.69, 9.17) is 14.0 Å². The van der Waals surface area contributed by atoms with Gasteiger partial charge in [-0.25, -0.2) is 4.21 Å². The molecule has 0 aliphatic rings. The number of benzene rings is 1. The number of ether oxygens (including phenoxy) is 2. The maximum absolute atomic E-state index is 10.8. The van der Waals surface area contributed by atoms with Gasteiger partial charge >= 0.3 is 29.6 Å². The van der Waals surface area contributed by atoms with Crippen LogP contribution in [0, 0.1) is 0 Å². The Hall–Kier alpha value is -0.0700. The average molecular weight is 226 g/mol. The van der Waals surface area contributed by atoms with Gasteiger partial charge in [-0.3, -0.25) is 0 Å². The second-order valence-corrected chi connectivity index (χ2v) is 3.20.